The van der Waals surface area contributed by atoms with Crippen molar-refractivity contribution in [2.24, 2.45) is 16.2 Å². The first-order valence-corrected chi connectivity index (χ1v) is 15.9. The summed E-state index contributed by atoms with van der Waals surface area (Å²) in [7, 11) is 4.50. The Hall–Kier alpha value is -2.32. The molecule has 9 aliphatic carbocycles. The zero-order valence-corrected chi connectivity index (χ0v) is 27.0. The number of halogens is 4. The van der Waals surface area contributed by atoms with Crippen LogP contribution in [0.3, 0.4) is 0 Å². The number of alkyl halides is 4. The Morgan fingerprint density at radius 3 is 1.33 bits per heavy atom. The summed E-state index contributed by atoms with van der Waals surface area (Å²) in [4.78, 5) is 45.7. The highest BCUT2D eigenvalue weighted by Crippen LogP contribution is 2.62. The lowest BCUT2D eigenvalue weighted by Gasteiger charge is -2.54. The van der Waals surface area contributed by atoms with Crippen LogP contribution in [-0.4, -0.2) is 90.5 Å². The fraction of sp³-hybridized carbons (Fsp3) is 0.875. The molecule has 0 unspecified atom stereocenters. The largest absolute Gasteiger partial charge is 0.481 e. The van der Waals surface area contributed by atoms with E-state index in [0.29, 0.717) is 51.4 Å². The molecule has 46 heavy (non-hydrogen) atoms. The van der Waals surface area contributed by atoms with E-state index in [2.05, 4.69) is 0 Å². The van der Waals surface area contributed by atoms with Crippen molar-refractivity contribution in [3.8, 4) is 0 Å². The predicted octanol–water partition coefficient (Wildman–Crippen LogP) is 5.58. The van der Waals surface area contributed by atoms with Crippen molar-refractivity contribution in [1.82, 2.24) is 0 Å². The minimum absolute atomic E-state index is 0.0170. The van der Waals surface area contributed by atoms with Crippen LogP contribution in [0.4, 0.5) is 17.6 Å². The van der Waals surface area contributed by atoms with Crippen LogP contribution in [0.15, 0.2) is 0 Å². The zero-order valence-electron chi connectivity index (χ0n) is 27.0. The maximum atomic E-state index is 14.2. The number of fused-ring (bicyclic) bond motifs is 9. The van der Waals surface area contributed by atoms with Gasteiger partial charge in [0.15, 0.2) is 5.78 Å². The van der Waals surface area contributed by atoms with Crippen LogP contribution >= 0.6 is 0 Å². The van der Waals surface area contributed by atoms with Crippen LogP contribution in [0, 0.1) is 16.2 Å². The molecule has 14 heteroatoms. The Kier molecular flexibility index (Phi) is 9.75. The summed E-state index contributed by atoms with van der Waals surface area (Å²) < 4.78 is 76.5. The molecule has 0 saturated heterocycles. The van der Waals surface area contributed by atoms with Crippen molar-refractivity contribution in [2.45, 2.75) is 132 Å². The summed E-state index contributed by atoms with van der Waals surface area (Å²) in [5, 5.41) is 18.1. The van der Waals surface area contributed by atoms with Crippen molar-refractivity contribution >= 4 is 23.7 Å². The van der Waals surface area contributed by atoms with Gasteiger partial charge in [0.25, 0.3) is 11.8 Å². The van der Waals surface area contributed by atoms with Gasteiger partial charge in [0.2, 0.25) is 0 Å². The second-order valence-electron chi connectivity index (χ2n) is 14.1. The number of hydrogen-bond acceptors (Lipinski definition) is 8. The summed E-state index contributed by atoms with van der Waals surface area (Å²) in [5.74, 6) is -9.38. The first-order valence-electron chi connectivity index (χ1n) is 15.9. The summed E-state index contributed by atoms with van der Waals surface area (Å²) in [6, 6.07) is 0. The molecule has 9 rings (SSSR count). The third-order valence-corrected chi connectivity index (χ3v) is 12.3. The van der Waals surface area contributed by atoms with Crippen LogP contribution in [0.25, 0.3) is 0 Å². The lowest BCUT2D eigenvalue weighted by Crippen LogP contribution is -2.62. The van der Waals surface area contributed by atoms with Crippen molar-refractivity contribution in [1.29, 1.82) is 0 Å². The Balaban J connectivity index is 0.000000157. The van der Waals surface area contributed by atoms with Crippen LogP contribution < -0.4 is 0 Å². The topological polar surface area (TPSA) is 146 Å². The number of Topliss-reactive ketones (excluding diaryl/α,β-unsaturated/α-hetero) is 1. The number of hydrogen-bond donors (Lipinski definition) is 2. The quantitative estimate of drug-likeness (QED) is 0.201. The zero-order chi connectivity index (χ0) is 34.5. The third kappa shape index (κ3) is 5.63. The number of rotatable bonds is 7. The smallest absolute Gasteiger partial charge is 0.318 e. The van der Waals surface area contributed by atoms with E-state index in [1.54, 1.807) is 14.0 Å². The molecular weight excluding hydrogens is 620 g/mol. The monoisotopic (exact) mass is 666 g/mol. The highest BCUT2D eigenvalue weighted by atomic mass is 19.3. The van der Waals surface area contributed by atoms with E-state index in [0.717, 1.165) is 0 Å². The molecule has 0 aliphatic heterocycles. The van der Waals surface area contributed by atoms with E-state index in [9.17, 15) is 36.7 Å². The second kappa shape index (κ2) is 12.3. The molecule has 0 aromatic carbocycles. The highest BCUT2D eigenvalue weighted by Gasteiger charge is 2.70. The molecule has 9 aliphatic rings. The lowest BCUT2D eigenvalue weighted by molar-refractivity contribution is -0.254. The van der Waals surface area contributed by atoms with E-state index in [-0.39, 0.29) is 56.5 Å². The Bertz CT molecular complexity index is 1190. The normalized spacial score (nSPS) is 41.0. The molecule has 9 fully saturated rings. The summed E-state index contributed by atoms with van der Waals surface area (Å²) in [5.41, 5.74) is -6.41. The minimum atomic E-state index is -3.15. The number of aliphatic carboxylic acids is 2. The van der Waals surface area contributed by atoms with Gasteiger partial charge in [-0.15, -0.1) is 0 Å². The lowest BCUT2D eigenvalue weighted by atomic mass is 9.56. The van der Waals surface area contributed by atoms with Crippen molar-refractivity contribution in [3.05, 3.63) is 0 Å². The van der Waals surface area contributed by atoms with Gasteiger partial charge in [0.05, 0.1) is 23.4 Å². The number of carboxylic acid groups (broad SMARTS) is 2. The average Bonchev–Trinajstić information content (AvgIpc) is 3.02. The van der Waals surface area contributed by atoms with E-state index in [4.69, 9.17) is 29.2 Å². The number of ether oxygens (including phenoxy) is 4. The fourth-order valence-electron chi connectivity index (χ4n) is 8.70. The molecule has 0 aromatic heterocycles. The molecule has 0 aromatic rings. The molecule has 0 spiro atoms. The van der Waals surface area contributed by atoms with Gasteiger partial charge in [-0.05, 0) is 84.0 Å². The van der Waals surface area contributed by atoms with Crippen LogP contribution in [0.2, 0.25) is 0 Å². The van der Waals surface area contributed by atoms with E-state index >= 15 is 0 Å². The number of carboxylic acids is 2. The highest BCUT2D eigenvalue weighted by molar-refractivity contribution is 6.04. The van der Waals surface area contributed by atoms with Gasteiger partial charge in [0, 0.05) is 40.6 Å². The number of carbonyl (C=O) groups is 4. The van der Waals surface area contributed by atoms with Gasteiger partial charge in [0.1, 0.15) is 16.2 Å². The number of methoxy groups -OCH3 is 3. The summed E-state index contributed by atoms with van der Waals surface area (Å²) in [6.45, 7) is 1.78. The van der Waals surface area contributed by atoms with Crippen LogP contribution in [0.1, 0.15) is 103 Å². The van der Waals surface area contributed by atoms with Gasteiger partial charge >= 0.3 is 17.9 Å². The van der Waals surface area contributed by atoms with Gasteiger partial charge in [-0.25, -0.2) is 17.6 Å². The van der Waals surface area contributed by atoms with E-state index < -0.39 is 63.6 Å². The number of esters is 1. The minimum Gasteiger partial charge on any atom is -0.481 e. The Morgan fingerprint density at radius 1 is 0.630 bits per heavy atom. The Labute approximate surface area is 265 Å². The predicted molar refractivity (Wildman–Crippen MR) is 153 cm³/mol. The summed E-state index contributed by atoms with van der Waals surface area (Å²) in [6.07, 6.45) is 3.94. The first kappa shape index (κ1) is 36.5. The number of carbonyl (C=O) groups excluding carboxylic acids is 2. The molecule has 6 bridgehead atoms. The first-order chi connectivity index (χ1) is 21.3. The number of ketones is 1. The second-order valence-corrected chi connectivity index (χ2v) is 14.1. The van der Waals surface area contributed by atoms with Crippen LogP contribution in [0.5, 0.6) is 0 Å². The maximum absolute atomic E-state index is 14.2. The summed E-state index contributed by atoms with van der Waals surface area (Å²) >= 11 is 0. The molecule has 262 valence electrons. The van der Waals surface area contributed by atoms with E-state index in [1.807, 2.05) is 0 Å². The third-order valence-electron chi connectivity index (χ3n) is 12.3. The SMILES string of the molecule is CCOC(=O)C12CCC(OC)(CC1)CC2(F)F.COC12CCC(C(=O)O)(CC1)C(=O)C2.COC12CCC(C(=O)O)(CC1)C(F)(F)C2. The standard InChI is InChI=1S/C12H18F2O3.C10H14F2O3.C10H14O4/c1-3-17-9(15)11-6-4-10(16-2,5-7-11)8-12(11,13)14;1-15-8-2-4-9(5-3-8,7(13)14)10(11,12)6-8;1-14-9-2-4-10(5-3-9,8(12)13)7(11)6-9/h3-8H2,1-2H3;2-6H2,1H3,(H,13,14);2-6H2,1H3,(H,12,13). The Morgan fingerprint density at radius 2 is 1.02 bits per heavy atom. The molecule has 9 saturated carbocycles. The average molecular weight is 667 g/mol. The van der Waals surface area contributed by atoms with Gasteiger partial charge < -0.3 is 29.2 Å². The van der Waals surface area contributed by atoms with Gasteiger partial charge in [-0.1, -0.05) is 0 Å². The van der Waals surface area contributed by atoms with Crippen LogP contribution in [-0.2, 0) is 38.1 Å². The molecule has 0 radical (unpaired) electrons. The van der Waals surface area contributed by atoms with Gasteiger partial charge in [-0.3, -0.25) is 19.2 Å². The van der Waals surface area contributed by atoms with E-state index in [1.165, 1.54) is 14.2 Å². The van der Waals surface area contributed by atoms with Crippen molar-refractivity contribution in [2.75, 3.05) is 27.9 Å². The molecule has 10 nitrogen and oxygen atoms in total. The van der Waals surface area contributed by atoms with Gasteiger partial charge in [-0.2, -0.15) is 0 Å². The fourth-order valence-corrected chi connectivity index (χ4v) is 8.70. The maximum Gasteiger partial charge on any atom is 0.318 e. The van der Waals surface area contributed by atoms with Crippen molar-refractivity contribution < 1.29 is 65.9 Å². The molecule has 0 amide bonds. The van der Waals surface area contributed by atoms with Crippen molar-refractivity contribution in [3.63, 3.8) is 0 Å². The molecule has 0 heterocycles. The molecule has 0 atom stereocenters. The molecular formula is C32H46F4O10. The molecule has 2 N–H and O–H groups in total.